The maximum atomic E-state index is 11.5. The molecule has 1 heterocycles. The molecule has 0 fully saturated rings. The van der Waals surface area contributed by atoms with Crippen molar-refractivity contribution in [3.63, 3.8) is 0 Å². The Morgan fingerprint density at radius 3 is 2.56 bits per heavy atom. The van der Waals surface area contributed by atoms with Gasteiger partial charge in [0.25, 0.3) is 0 Å². The Kier molecular flexibility index (Phi) is 5.58. The number of aliphatic carboxylic acids is 1. The molecular weight excluding hydrogens is 332 g/mol. The minimum Gasteiger partial charge on any atom is -0.480 e. The number of carboxylic acids is 1. The van der Waals surface area contributed by atoms with Crippen LogP contribution in [-0.4, -0.2) is 22.1 Å². The number of aryl methyl sites for hydroxylation is 1. The number of carboxylic acid groups (broad SMARTS) is 1. The molecule has 5 heteroatoms. The minimum absolute atomic E-state index is 0.437. The molecule has 0 aliphatic carbocycles. The molecule has 3 aromatic rings. The highest BCUT2D eigenvalue weighted by Crippen LogP contribution is 2.24. The standard InChI is InChI=1S/C20H20N2O2S/c1-14-7-9-16(10-8-14)19-22-17(13-25-19)12-21-18(20(23)24)11-15-5-3-2-4-6-15/h2-10,13,18,21H,11-12H2,1H3,(H,23,24). The number of thiazole rings is 1. The average Bonchev–Trinajstić information content (AvgIpc) is 3.09. The summed E-state index contributed by atoms with van der Waals surface area (Å²) in [7, 11) is 0. The van der Waals surface area contributed by atoms with E-state index in [2.05, 4.69) is 41.5 Å². The van der Waals surface area contributed by atoms with Gasteiger partial charge in [-0.3, -0.25) is 10.1 Å². The van der Waals surface area contributed by atoms with Gasteiger partial charge < -0.3 is 5.11 Å². The number of benzene rings is 2. The van der Waals surface area contributed by atoms with Gasteiger partial charge in [-0.2, -0.15) is 0 Å². The molecule has 0 saturated heterocycles. The van der Waals surface area contributed by atoms with Gasteiger partial charge in [0.1, 0.15) is 11.0 Å². The second-order valence-corrected chi connectivity index (χ2v) is 6.83. The number of hydrogen-bond donors (Lipinski definition) is 2. The van der Waals surface area contributed by atoms with Crippen LogP contribution in [0.15, 0.2) is 60.0 Å². The van der Waals surface area contributed by atoms with Crippen molar-refractivity contribution >= 4 is 17.3 Å². The lowest BCUT2D eigenvalue weighted by molar-refractivity contribution is -0.139. The molecule has 3 rings (SSSR count). The topological polar surface area (TPSA) is 62.2 Å². The Labute approximate surface area is 151 Å². The van der Waals surface area contributed by atoms with E-state index < -0.39 is 12.0 Å². The molecular formula is C20H20N2O2S. The summed E-state index contributed by atoms with van der Waals surface area (Å²) < 4.78 is 0. The van der Waals surface area contributed by atoms with Crippen LogP contribution >= 0.6 is 11.3 Å². The van der Waals surface area contributed by atoms with Crippen LogP contribution < -0.4 is 5.32 Å². The van der Waals surface area contributed by atoms with Crippen LogP contribution in [0.4, 0.5) is 0 Å². The first-order valence-corrected chi connectivity index (χ1v) is 9.01. The van der Waals surface area contributed by atoms with Crippen molar-refractivity contribution in [2.45, 2.75) is 25.9 Å². The molecule has 2 N–H and O–H groups in total. The summed E-state index contributed by atoms with van der Waals surface area (Å²) >= 11 is 1.57. The van der Waals surface area contributed by atoms with Gasteiger partial charge in [-0.1, -0.05) is 60.2 Å². The Morgan fingerprint density at radius 1 is 1.16 bits per heavy atom. The highest BCUT2D eigenvalue weighted by atomic mass is 32.1. The van der Waals surface area contributed by atoms with Crippen LogP contribution in [0, 0.1) is 6.92 Å². The summed E-state index contributed by atoms with van der Waals surface area (Å²) in [5, 5.41) is 15.5. The molecule has 128 valence electrons. The molecule has 0 aliphatic heterocycles. The van der Waals surface area contributed by atoms with Gasteiger partial charge in [0, 0.05) is 17.5 Å². The predicted octanol–water partition coefficient (Wildman–Crippen LogP) is 3.90. The second-order valence-electron chi connectivity index (χ2n) is 5.97. The molecule has 25 heavy (non-hydrogen) atoms. The van der Waals surface area contributed by atoms with E-state index >= 15 is 0 Å². The van der Waals surface area contributed by atoms with Gasteiger partial charge in [0.05, 0.1) is 5.69 Å². The molecule has 0 bridgehead atoms. The molecule has 0 saturated carbocycles. The fraction of sp³-hybridized carbons (Fsp3) is 0.200. The third-order valence-electron chi connectivity index (χ3n) is 3.96. The van der Waals surface area contributed by atoms with Crippen LogP contribution in [0.2, 0.25) is 0 Å². The van der Waals surface area contributed by atoms with Crippen LogP contribution in [0.1, 0.15) is 16.8 Å². The Morgan fingerprint density at radius 2 is 1.88 bits per heavy atom. The molecule has 0 radical (unpaired) electrons. The van der Waals surface area contributed by atoms with Crippen molar-refractivity contribution in [1.29, 1.82) is 0 Å². The van der Waals surface area contributed by atoms with Gasteiger partial charge in [-0.05, 0) is 18.9 Å². The van der Waals surface area contributed by atoms with Crippen LogP contribution in [-0.2, 0) is 17.8 Å². The Hall–Kier alpha value is -2.50. The van der Waals surface area contributed by atoms with Crippen molar-refractivity contribution in [2.75, 3.05) is 0 Å². The molecule has 0 spiro atoms. The maximum absolute atomic E-state index is 11.5. The Bertz CT molecular complexity index is 828. The summed E-state index contributed by atoms with van der Waals surface area (Å²) in [6.07, 6.45) is 0.450. The number of nitrogens with one attached hydrogen (secondary N) is 1. The molecule has 2 aromatic carbocycles. The van der Waals surface area contributed by atoms with E-state index in [1.54, 1.807) is 11.3 Å². The zero-order chi connectivity index (χ0) is 17.6. The molecule has 1 atom stereocenters. The van der Waals surface area contributed by atoms with E-state index in [0.29, 0.717) is 13.0 Å². The number of aromatic nitrogens is 1. The van der Waals surface area contributed by atoms with E-state index in [-0.39, 0.29) is 0 Å². The van der Waals surface area contributed by atoms with Crippen LogP contribution in [0.3, 0.4) is 0 Å². The summed E-state index contributed by atoms with van der Waals surface area (Å²) in [6.45, 7) is 2.49. The molecule has 0 amide bonds. The lowest BCUT2D eigenvalue weighted by atomic mass is 10.1. The van der Waals surface area contributed by atoms with Crippen molar-refractivity contribution in [3.05, 3.63) is 76.8 Å². The third kappa shape index (κ3) is 4.75. The summed E-state index contributed by atoms with van der Waals surface area (Å²) in [5.74, 6) is -0.849. The quantitative estimate of drug-likeness (QED) is 0.677. The predicted molar refractivity (Wildman–Crippen MR) is 101 cm³/mol. The van der Waals surface area contributed by atoms with Crippen LogP contribution in [0.25, 0.3) is 10.6 Å². The van der Waals surface area contributed by atoms with Crippen molar-refractivity contribution in [2.24, 2.45) is 0 Å². The van der Waals surface area contributed by atoms with Gasteiger partial charge >= 0.3 is 5.97 Å². The lowest BCUT2D eigenvalue weighted by Gasteiger charge is -2.13. The second kappa shape index (κ2) is 8.05. The van der Waals surface area contributed by atoms with E-state index in [0.717, 1.165) is 21.8 Å². The van der Waals surface area contributed by atoms with E-state index in [4.69, 9.17) is 0 Å². The summed E-state index contributed by atoms with van der Waals surface area (Å²) in [4.78, 5) is 16.1. The minimum atomic E-state index is -0.849. The van der Waals surface area contributed by atoms with Gasteiger partial charge in [-0.25, -0.2) is 4.98 Å². The summed E-state index contributed by atoms with van der Waals surface area (Å²) in [6, 6.07) is 17.3. The number of rotatable bonds is 7. The van der Waals surface area contributed by atoms with Gasteiger partial charge in [0.2, 0.25) is 0 Å². The van der Waals surface area contributed by atoms with Crippen molar-refractivity contribution in [1.82, 2.24) is 10.3 Å². The van der Waals surface area contributed by atoms with Gasteiger partial charge in [-0.15, -0.1) is 11.3 Å². The Balaban J connectivity index is 1.63. The first kappa shape index (κ1) is 17.3. The molecule has 4 nitrogen and oxygen atoms in total. The maximum Gasteiger partial charge on any atom is 0.321 e. The molecule has 0 aliphatic rings. The largest absolute Gasteiger partial charge is 0.480 e. The SMILES string of the molecule is Cc1ccc(-c2nc(CNC(Cc3ccccc3)C(=O)O)cs2)cc1. The number of carbonyl (C=O) groups is 1. The van der Waals surface area contributed by atoms with Gasteiger partial charge in [0.15, 0.2) is 0 Å². The fourth-order valence-electron chi connectivity index (χ4n) is 2.54. The van der Waals surface area contributed by atoms with E-state index in [1.165, 1.54) is 5.56 Å². The van der Waals surface area contributed by atoms with Crippen molar-refractivity contribution in [3.8, 4) is 10.6 Å². The van der Waals surface area contributed by atoms with Crippen molar-refractivity contribution < 1.29 is 9.90 Å². The highest BCUT2D eigenvalue weighted by molar-refractivity contribution is 7.13. The molecule has 1 unspecified atom stereocenters. The lowest BCUT2D eigenvalue weighted by Crippen LogP contribution is -2.38. The summed E-state index contributed by atoms with van der Waals surface area (Å²) in [5.41, 5.74) is 4.16. The number of nitrogens with zero attached hydrogens (tertiary/aromatic N) is 1. The highest BCUT2D eigenvalue weighted by Gasteiger charge is 2.17. The third-order valence-corrected chi connectivity index (χ3v) is 4.90. The average molecular weight is 352 g/mol. The first-order valence-electron chi connectivity index (χ1n) is 8.13. The van der Waals surface area contributed by atoms with E-state index in [1.807, 2.05) is 35.7 Å². The van der Waals surface area contributed by atoms with E-state index in [9.17, 15) is 9.90 Å². The molecule has 1 aromatic heterocycles. The van der Waals surface area contributed by atoms with Crippen LogP contribution in [0.5, 0.6) is 0 Å². The normalized spacial score (nSPS) is 12.0. The fourth-order valence-corrected chi connectivity index (χ4v) is 3.37. The number of hydrogen-bond acceptors (Lipinski definition) is 4. The zero-order valence-electron chi connectivity index (χ0n) is 14.0. The smallest absolute Gasteiger partial charge is 0.321 e. The monoisotopic (exact) mass is 352 g/mol. The first-order chi connectivity index (χ1) is 12.1. The zero-order valence-corrected chi connectivity index (χ0v) is 14.8.